The van der Waals surface area contributed by atoms with Crippen LogP contribution < -0.4 is 16.6 Å². The van der Waals surface area contributed by atoms with Gasteiger partial charge in [0, 0.05) is 38.1 Å². The molecule has 2 heterocycles. The lowest BCUT2D eigenvalue weighted by molar-refractivity contribution is -0.123. The summed E-state index contributed by atoms with van der Waals surface area (Å²) in [4.78, 5) is 38.2. The first-order valence-electron chi connectivity index (χ1n) is 8.86. The average Bonchev–Trinajstić information content (AvgIpc) is 2.65. The summed E-state index contributed by atoms with van der Waals surface area (Å²) in [5.41, 5.74) is 6.29. The fraction of sp³-hybridized carbons (Fsp3) is 0.421. The number of hydrogen-bond acceptors (Lipinski definition) is 4. The van der Waals surface area contributed by atoms with Gasteiger partial charge in [-0.05, 0) is 25.5 Å². The predicted molar refractivity (Wildman–Crippen MR) is 99.9 cm³/mol. The van der Waals surface area contributed by atoms with Gasteiger partial charge in [0.05, 0.1) is 17.0 Å². The Kier molecular flexibility index (Phi) is 5.37. The molecule has 0 aliphatic carbocycles. The Balaban J connectivity index is 1.66. The summed E-state index contributed by atoms with van der Waals surface area (Å²) in [5, 5.41) is 3.63. The number of nitrogens with one attached hydrogen (secondary N) is 1. The number of nitrogens with zero attached hydrogens (tertiary/aromatic N) is 2. The topological polar surface area (TPSA) is 97.4 Å². The monoisotopic (exact) mass is 356 g/mol. The molecule has 138 valence electrons. The number of pyridine rings is 1. The van der Waals surface area contributed by atoms with E-state index in [-0.39, 0.29) is 23.3 Å². The number of aryl methyl sites for hydroxylation is 1. The number of carbonyl (C=O) groups is 2. The highest BCUT2D eigenvalue weighted by Crippen LogP contribution is 2.17. The van der Waals surface area contributed by atoms with Crippen LogP contribution in [0.5, 0.6) is 0 Å². The number of benzene rings is 1. The summed E-state index contributed by atoms with van der Waals surface area (Å²) in [6.45, 7) is 2.64. The van der Waals surface area contributed by atoms with Crippen LogP contribution in [0.1, 0.15) is 23.2 Å². The number of fused-ring (bicyclic) bond motifs is 1. The average molecular weight is 356 g/mol. The number of carbonyl (C=O) groups excluding carboxylic acids is 2. The van der Waals surface area contributed by atoms with Gasteiger partial charge in [-0.25, -0.2) is 0 Å². The van der Waals surface area contributed by atoms with Crippen LogP contribution in [-0.4, -0.2) is 47.5 Å². The molecule has 3 N–H and O–H groups in total. The Bertz CT molecular complexity index is 890. The van der Waals surface area contributed by atoms with Gasteiger partial charge in [0.15, 0.2) is 0 Å². The second-order valence-electron chi connectivity index (χ2n) is 6.77. The predicted octanol–water partition coefficient (Wildman–Crippen LogP) is 0.466. The van der Waals surface area contributed by atoms with Crippen molar-refractivity contribution in [2.24, 2.45) is 18.7 Å². The minimum Gasteiger partial charge on any atom is -0.369 e. The van der Waals surface area contributed by atoms with Gasteiger partial charge in [-0.2, -0.15) is 0 Å². The van der Waals surface area contributed by atoms with Gasteiger partial charge >= 0.3 is 0 Å². The molecule has 3 rings (SSSR count). The molecule has 0 saturated carbocycles. The molecule has 2 aromatic rings. The lowest BCUT2D eigenvalue weighted by Crippen LogP contribution is -2.44. The van der Waals surface area contributed by atoms with E-state index in [9.17, 15) is 14.4 Å². The van der Waals surface area contributed by atoms with Gasteiger partial charge in [0.2, 0.25) is 5.91 Å². The molecule has 1 saturated heterocycles. The molecule has 1 aromatic carbocycles. The van der Waals surface area contributed by atoms with Crippen molar-refractivity contribution in [3.05, 3.63) is 46.2 Å². The molecule has 1 aliphatic rings. The molecule has 0 spiro atoms. The van der Waals surface area contributed by atoms with Crippen molar-refractivity contribution in [2.45, 2.75) is 12.8 Å². The van der Waals surface area contributed by atoms with E-state index in [1.165, 1.54) is 10.6 Å². The lowest BCUT2D eigenvalue weighted by Gasteiger charge is -2.31. The van der Waals surface area contributed by atoms with Crippen molar-refractivity contribution in [3.8, 4) is 0 Å². The zero-order valence-corrected chi connectivity index (χ0v) is 14.9. The van der Waals surface area contributed by atoms with Gasteiger partial charge in [0.1, 0.15) is 0 Å². The first-order chi connectivity index (χ1) is 12.5. The number of piperidine rings is 1. The highest BCUT2D eigenvalue weighted by molar-refractivity contribution is 6.06. The van der Waals surface area contributed by atoms with E-state index >= 15 is 0 Å². The Morgan fingerprint density at radius 3 is 2.85 bits per heavy atom. The molecule has 1 aliphatic heterocycles. The maximum atomic E-state index is 12.6. The third-order valence-electron chi connectivity index (χ3n) is 5.02. The fourth-order valence-electron chi connectivity index (χ4n) is 3.51. The minimum absolute atomic E-state index is 0.111. The summed E-state index contributed by atoms with van der Waals surface area (Å²) in [7, 11) is 1.69. The normalized spacial score (nSPS) is 18.0. The largest absolute Gasteiger partial charge is 0.369 e. The highest BCUT2D eigenvalue weighted by Gasteiger charge is 2.23. The van der Waals surface area contributed by atoms with E-state index < -0.39 is 0 Å². The Labute approximate surface area is 151 Å². The van der Waals surface area contributed by atoms with Gasteiger partial charge in [-0.1, -0.05) is 18.2 Å². The van der Waals surface area contributed by atoms with E-state index in [2.05, 4.69) is 10.2 Å². The zero-order chi connectivity index (χ0) is 18.7. The molecule has 26 heavy (non-hydrogen) atoms. The van der Waals surface area contributed by atoms with Crippen LogP contribution in [0.25, 0.3) is 10.9 Å². The van der Waals surface area contributed by atoms with Gasteiger partial charge in [0.25, 0.3) is 11.5 Å². The standard InChI is InChI=1S/C19H24N4O3/c1-22-16-7-3-2-6-14(16)15(11-17(22)24)19(26)21-8-10-23-9-4-5-13(12-23)18(20)25/h2-3,6-7,11,13H,4-5,8-10,12H2,1H3,(H2,20,25)(H,21,26). The number of amides is 2. The number of nitrogens with two attached hydrogens (primary N) is 1. The van der Waals surface area contributed by atoms with Crippen molar-refractivity contribution >= 4 is 22.7 Å². The number of para-hydroxylation sites is 1. The first kappa shape index (κ1) is 18.1. The van der Waals surface area contributed by atoms with E-state index in [4.69, 9.17) is 5.73 Å². The SMILES string of the molecule is Cn1c(=O)cc(C(=O)NCCN2CCCC(C(N)=O)C2)c2ccccc21. The number of rotatable bonds is 5. The molecule has 1 unspecified atom stereocenters. The third-order valence-corrected chi connectivity index (χ3v) is 5.02. The molecule has 0 radical (unpaired) electrons. The lowest BCUT2D eigenvalue weighted by atomic mass is 9.97. The zero-order valence-electron chi connectivity index (χ0n) is 14.9. The molecule has 1 fully saturated rings. The molecule has 7 nitrogen and oxygen atoms in total. The highest BCUT2D eigenvalue weighted by atomic mass is 16.2. The number of aromatic nitrogens is 1. The minimum atomic E-state index is -0.262. The molecular weight excluding hydrogens is 332 g/mol. The smallest absolute Gasteiger partial charge is 0.252 e. The van der Waals surface area contributed by atoms with Crippen molar-refractivity contribution in [2.75, 3.05) is 26.2 Å². The molecule has 1 aromatic heterocycles. The number of likely N-dealkylation sites (tertiary alicyclic amines) is 1. The van der Waals surface area contributed by atoms with E-state index in [0.29, 0.717) is 25.2 Å². The summed E-state index contributed by atoms with van der Waals surface area (Å²) in [5.74, 6) is -0.631. The van der Waals surface area contributed by atoms with Gasteiger partial charge in [-0.15, -0.1) is 0 Å². The van der Waals surface area contributed by atoms with Gasteiger partial charge in [-0.3, -0.25) is 14.4 Å². The molecule has 2 amide bonds. The third kappa shape index (κ3) is 3.77. The first-order valence-corrected chi connectivity index (χ1v) is 8.86. The second kappa shape index (κ2) is 7.70. The molecule has 1 atom stereocenters. The summed E-state index contributed by atoms with van der Waals surface area (Å²) in [6.07, 6.45) is 1.76. The Morgan fingerprint density at radius 2 is 2.08 bits per heavy atom. The van der Waals surface area contributed by atoms with Crippen LogP contribution in [0.4, 0.5) is 0 Å². The van der Waals surface area contributed by atoms with Crippen LogP contribution in [0.2, 0.25) is 0 Å². The summed E-state index contributed by atoms with van der Waals surface area (Å²) < 4.78 is 1.53. The quantitative estimate of drug-likeness (QED) is 0.813. The Morgan fingerprint density at radius 1 is 1.31 bits per heavy atom. The summed E-state index contributed by atoms with van der Waals surface area (Å²) in [6, 6.07) is 8.73. The molecule has 0 bridgehead atoms. The van der Waals surface area contributed by atoms with Crippen molar-refractivity contribution in [3.63, 3.8) is 0 Å². The van der Waals surface area contributed by atoms with Crippen LogP contribution in [-0.2, 0) is 11.8 Å². The van der Waals surface area contributed by atoms with Crippen molar-refractivity contribution < 1.29 is 9.59 Å². The van der Waals surface area contributed by atoms with Crippen LogP contribution in [0.15, 0.2) is 35.1 Å². The summed E-state index contributed by atoms with van der Waals surface area (Å²) >= 11 is 0. The molecular formula is C19H24N4O3. The van der Waals surface area contributed by atoms with Crippen LogP contribution >= 0.6 is 0 Å². The number of primary amides is 1. The second-order valence-corrected chi connectivity index (χ2v) is 6.77. The van der Waals surface area contributed by atoms with E-state index in [1.54, 1.807) is 7.05 Å². The van der Waals surface area contributed by atoms with Crippen molar-refractivity contribution in [1.29, 1.82) is 0 Å². The van der Waals surface area contributed by atoms with E-state index in [1.807, 2.05) is 24.3 Å². The Hall–Kier alpha value is -2.67. The maximum Gasteiger partial charge on any atom is 0.252 e. The van der Waals surface area contributed by atoms with Crippen molar-refractivity contribution in [1.82, 2.24) is 14.8 Å². The van der Waals surface area contributed by atoms with Crippen LogP contribution in [0, 0.1) is 5.92 Å². The van der Waals surface area contributed by atoms with Crippen LogP contribution in [0.3, 0.4) is 0 Å². The molecule has 7 heteroatoms. The van der Waals surface area contributed by atoms with Gasteiger partial charge < -0.3 is 20.5 Å². The number of hydrogen-bond donors (Lipinski definition) is 2. The van der Waals surface area contributed by atoms with E-state index in [0.717, 1.165) is 30.3 Å². The maximum absolute atomic E-state index is 12.6. The fourth-order valence-corrected chi connectivity index (χ4v) is 3.51.